The van der Waals surface area contributed by atoms with Crippen molar-refractivity contribution in [3.05, 3.63) is 29.6 Å². The van der Waals surface area contributed by atoms with E-state index in [4.69, 9.17) is 5.11 Å². The summed E-state index contributed by atoms with van der Waals surface area (Å²) in [5.41, 5.74) is 1.02. The van der Waals surface area contributed by atoms with Crippen LogP contribution in [0.15, 0.2) is 18.2 Å². The van der Waals surface area contributed by atoms with E-state index in [1.807, 2.05) is 0 Å². The Labute approximate surface area is 70.4 Å². The average Bonchev–Trinajstić information content (AvgIpc) is 1.94. The molecule has 4 heteroatoms. The van der Waals surface area contributed by atoms with E-state index in [2.05, 4.69) is 0 Å². The first-order chi connectivity index (χ1) is 5.59. The molecule has 0 unspecified atom stereocenters. The third kappa shape index (κ3) is 2.08. The summed E-state index contributed by atoms with van der Waals surface area (Å²) in [4.78, 5) is 10.2. The highest BCUT2D eigenvalue weighted by Crippen LogP contribution is 2.04. The van der Waals surface area contributed by atoms with Crippen LogP contribution in [-0.2, 0) is 11.2 Å². The third-order valence-corrected chi connectivity index (χ3v) is 1.55. The second-order valence-corrected chi connectivity index (χ2v) is 2.67. The Morgan fingerprint density at radius 1 is 1.58 bits per heavy atom. The third-order valence-electron chi connectivity index (χ3n) is 1.55. The predicted octanol–water partition coefficient (Wildman–Crippen LogP) is -0.289. The zero-order chi connectivity index (χ0) is 9.14. The lowest BCUT2D eigenvalue weighted by atomic mass is 9.94. The number of carbonyl (C=O) groups is 1. The molecule has 12 heavy (non-hydrogen) atoms. The molecule has 1 aromatic carbocycles. The summed E-state index contributed by atoms with van der Waals surface area (Å²) in [6.45, 7) is 0. The van der Waals surface area contributed by atoms with E-state index in [0.717, 1.165) is 5.46 Å². The van der Waals surface area contributed by atoms with Gasteiger partial charge in [-0.2, -0.15) is 0 Å². The fraction of sp³-hybridized carbons (Fsp3) is 0.125. The topological polar surface area (TPSA) is 37.3 Å². The second kappa shape index (κ2) is 3.39. The van der Waals surface area contributed by atoms with Crippen LogP contribution in [0.1, 0.15) is 5.56 Å². The molecule has 0 aliphatic carbocycles. The molecule has 0 saturated heterocycles. The van der Waals surface area contributed by atoms with Gasteiger partial charge in [0, 0.05) is 0 Å². The van der Waals surface area contributed by atoms with E-state index in [1.54, 1.807) is 13.9 Å². The molecule has 0 radical (unpaired) electrons. The molecule has 0 aromatic heterocycles. The molecule has 1 N–H and O–H groups in total. The maximum Gasteiger partial charge on any atom is 0.307 e. The van der Waals surface area contributed by atoms with E-state index in [1.165, 1.54) is 12.1 Å². The fourth-order valence-corrected chi connectivity index (χ4v) is 0.959. The van der Waals surface area contributed by atoms with Gasteiger partial charge in [0.1, 0.15) is 13.7 Å². The number of carboxylic acid groups (broad SMARTS) is 1. The van der Waals surface area contributed by atoms with Crippen LogP contribution in [0.25, 0.3) is 0 Å². The first-order valence-electron chi connectivity index (χ1n) is 3.56. The van der Waals surface area contributed by atoms with Crippen molar-refractivity contribution in [2.75, 3.05) is 0 Å². The molecule has 0 bridgehead atoms. The molecule has 1 rings (SSSR count). The van der Waals surface area contributed by atoms with Gasteiger partial charge in [-0.05, 0) is 11.6 Å². The Bertz CT molecular complexity index is 312. The maximum absolute atomic E-state index is 12.9. The minimum absolute atomic E-state index is 0.230. The number of benzene rings is 1. The monoisotopic (exact) mass is 166 g/mol. The molecular weight excluding hydrogens is 158 g/mol. The number of halogens is 1. The van der Waals surface area contributed by atoms with Gasteiger partial charge in [0.05, 0.1) is 6.42 Å². The van der Waals surface area contributed by atoms with Crippen molar-refractivity contribution in [2.45, 2.75) is 6.42 Å². The Morgan fingerprint density at radius 3 is 2.75 bits per heavy atom. The molecule has 0 fully saturated rings. The fourth-order valence-electron chi connectivity index (χ4n) is 0.959. The van der Waals surface area contributed by atoms with Crippen LogP contribution in [0.3, 0.4) is 0 Å². The summed E-state index contributed by atoms with van der Waals surface area (Å²) >= 11 is 0. The smallest absolute Gasteiger partial charge is 0.307 e. The maximum atomic E-state index is 12.9. The first kappa shape index (κ1) is 8.78. The van der Waals surface area contributed by atoms with Crippen molar-refractivity contribution >= 4 is 19.3 Å². The lowest BCUT2D eigenvalue weighted by Crippen LogP contribution is -2.08. The molecule has 0 aliphatic rings. The summed E-state index contributed by atoms with van der Waals surface area (Å²) < 4.78 is 12.9. The molecular formula is C8H8BFO2. The largest absolute Gasteiger partial charge is 0.481 e. The molecule has 0 aliphatic heterocycles. The minimum Gasteiger partial charge on any atom is -0.481 e. The zero-order valence-corrected chi connectivity index (χ0v) is 6.67. The zero-order valence-electron chi connectivity index (χ0n) is 6.67. The molecule has 0 atom stereocenters. The van der Waals surface area contributed by atoms with Gasteiger partial charge in [0.15, 0.2) is 0 Å². The van der Waals surface area contributed by atoms with E-state index in [9.17, 15) is 9.18 Å². The summed E-state index contributed by atoms with van der Waals surface area (Å²) in [5.74, 6) is -1.46. The SMILES string of the molecule is Bc1ccc(CC(=O)O)c(F)c1. The summed E-state index contributed by atoms with van der Waals surface area (Å²) in [7, 11) is 1.76. The Hall–Kier alpha value is -1.32. The van der Waals surface area contributed by atoms with Crippen LogP contribution in [-0.4, -0.2) is 18.9 Å². The van der Waals surface area contributed by atoms with E-state index in [0.29, 0.717) is 0 Å². The van der Waals surface area contributed by atoms with Crippen LogP contribution in [0, 0.1) is 5.82 Å². The van der Waals surface area contributed by atoms with Crippen molar-refractivity contribution in [3.63, 3.8) is 0 Å². The van der Waals surface area contributed by atoms with Crippen LogP contribution in [0.2, 0.25) is 0 Å². The average molecular weight is 166 g/mol. The normalized spacial score (nSPS) is 9.75. The number of hydrogen-bond donors (Lipinski definition) is 1. The highest BCUT2D eigenvalue weighted by molar-refractivity contribution is 6.32. The van der Waals surface area contributed by atoms with E-state index < -0.39 is 11.8 Å². The highest BCUT2D eigenvalue weighted by atomic mass is 19.1. The summed E-state index contributed by atoms with van der Waals surface area (Å²) in [5, 5.41) is 8.39. The molecule has 1 aromatic rings. The molecule has 2 nitrogen and oxygen atoms in total. The van der Waals surface area contributed by atoms with Gasteiger partial charge in [-0.1, -0.05) is 17.6 Å². The molecule has 0 spiro atoms. The molecule has 0 saturated carbocycles. The van der Waals surface area contributed by atoms with Crippen LogP contribution in [0.4, 0.5) is 4.39 Å². The van der Waals surface area contributed by atoms with Crippen LogP contribution in [0.5, 0.6) is 0 Å². The number of rotatable bonds is 2. The van der Waals surface area contributed by atoms with Gasteiger partial charge >= 0.3 is 5.97 Å². The van der Waals surface area contributed by atoms with Gasteiger partial charge < -0.3 is 5.11 Å². The van der Waals surface area contributed by atoms with Gasteiger partial charge in [-0.3, -0.25) is 4.79 Å². The van der Waals surface area contributed by atoms with Gasteiger partial charge in [0.2, 0.25) is 0 Å². The van der Waals surface area contributed by atoms with Crippen LogP contribution >= 0.6 is 0 Å². The summed E-state index contributed by atoms with van der Waals surface area (Å²) in [6, 6.07) is 4.53. The predicted molar refractivity (Wildman–Crippen MR) is 45.9 cm³/mol. The molecule has 62 valence electrons. The first-order valence-corrected chi connectivity index (χ1v) is 3.56. The van der Waals surface area contributed by atoms with Crippen molar-refractivity contribution in [3.8, 4) is 0 Å². The van der Waals surface area contributed by atoms with Crippen molar-refractivity contribution < 1.29 is 14.3 Å². The summed E-state index contributed by atoms with van der Waals surface area (Å²) in [6.07, 6.45) is -0.258. The standard InChI is InChI=1S/C8H8BFO2/c9-6-2-1-5(3-8(11)12)7(10)4-6/h1-2,4H,3,9H2,(H,11,12). The molecule has 0 heterocycles. The lowest BCUT2D eigenvalue weighted by molar-refractivity contribution is -0.136. The Balaban J connectivity index is 2.93. The van der Waals surface area contributed by atoms with Crippen molar-refractivity contribution in [1.29, 1.82) is 0 Å². The minimum atomic E-state index is -1.02. The molecule has 0 amide bonds. The lowest BCUT2D eigenvalue weighted by Gasteiger charge is -1.99. The van der Waals surface area contributed by atoms with Crippen molar-refractivity contribution in [1.82, 2.24) is 0 Å². The number of carboxylic acids is 1. The van der Waals surface area contributed by atoms with Gasteiger partial charge in [0.25, 0.3) is 0 Å². The Morgan fingerprint density at radius 2 is 2.25 bits per heavy atom. The van der Waals surface area contributed by atoms with Gasteiger partial charge in [-0.25, -0.2) is 4.39 Å². The second-order valence-electron chi connectivity index (χ2n) is 2.67. The highest BCUT2D eigenvalue weighted by Gasteiger charge is 2.05. The van der Waals surface area contributed by atoms with Gasteiger partial charge in [-0.15, -0.1) is 0 Å². The number of aliphatic carboxylic acids is 1. The Kier molecular flexibility index (Phi) is 2.48. The quantitative estimate of drug-likeness (QED) is 0.613. The van der Waals surface area contributed by atoms with Crippen molar-refractivity contribution in [2.24, 2.45) is 0 Å². The van der Waals surface area contributed by atoms with E-state index in [-0.39, 0.29) is 12.0 Å². The van der Waals surface area contributed by atoms with E-state index >= 15 is 0 Å². The van der Waals surface area contributed by atoms with Crippen LogP contribution < -0.4 is 5.46 Å². The number of hydrogen-bond acceptors (Lipinski definition) is 1.